The van der Waals surface area contributed by atoms with E-state index in [-0.39, 0.29) is 27.1 Å². The van der Waals surface area contributed by atoms with Crippen LogP contribution in [0.4, 0.5) is 17.1 Å². The van der Waals surface area contributed by atoms with Crippen molar-refractivity contribution in [1.82, 2.24) is 0 Å². The van der Waals surface area contributed by atoms with Crippen LogP contribution in [0.1, 0.15) is 175 Å². The Morgan fingerprint density at radius 3 is 0.867 bits per heavy atom. The molecule has 0 aliphatic heterocycles. The van der Waals surface area contributed by atoms with E-state index in [2.05, 4.69) is 399 Å². The van der Waals surface area contributed by atoms with Gasteiger partial charge in [-0.3, -0.25) is 0 Å². The van der Waals surface area contributed by atoms with Crippen LogP contribution in [-0.2, 0) is 37.9 Å². The first-order valence-corrected chi connectivity index (χ1v) is 43.2. The van der Waals surface area contributed by atoms with Crippen molar-refractivity contribution in [3.8, 4) is 122 Å². The van der Waals surface area contributed by atoms with Gasteiger partial charge in [-0.15, -0.1) is 0 Å². The number of hydrogen-bond acceptors (Lipinski definition) is 3. The summed E-state index contributed by atoms with van der Waals surface area (Å²) in [5.74, 6) is 0. The molecule has 18 aromatic rings. The molecule has 0 spiro atoms. The van der Waals surface area contributed by atoms with Crippen molar-refractivity contribution in [1.29, 1.82) is 0 Å². The maximum atomic E-state index is 7.28. The molecule has 3 heteroatoms. The van der Waals surface area contributed by atoms with Crippen molar-refractivity contribution in [2.45, 2.75) is 135 Å². The second-order valence-electron chi connectivity index (χ2n) is 39.4. The highest BCUT2D eigenvalue weighted by atomic mass is 16.3. The second-order valence-corrected chi connectivity index (χ2v) is 39.4. The Bertz CT molecular complexity index is 7350. The molecule has 0 fully saturated rings. The van der Waals surface area contributed by atoms with Crippen molar-refractivity contribution >= 4 is 60.9 Å². The Balaban J connectivity index is 0.606. The molecular formula is C117H91NO2. The van der Waals surface area contributed by atoms with Crippen molar-refractivity contribution in [3.63, 3.8) is 0 Å². The molecule has 2 aromatic heterocycles. The van der Waals surface area contributed by atoms with Gasteiger partial charge in [0.2, 0.25) is 0 Å². The van der Waals surface area contributed by atoms with Gasteiger partial charge in [0.25, 0.3) is 0 Å². The molecule has 0 N–H and O–H groups in total. The smallest absolute Gasteiger partial charge is 0.143 e. The number of benzene rings is 16. The minimum Gasteiger partial charge on any atom is -0.455 e. The van der Waals surface area contributed by atoms with Gasteiger partial charge >= 0.3 is 0 Å². The highest BCUT2D eigenvalue weighted by Gasteiger charge is 2.47. The van der Waals surface area contributed by atoms with Crippen LogP contribution in [0.5, 0.6) is 0 Å². The molecule has 0 bridgehead atoms. The fourth-order valence-corrected chi connectivity index (χ4v) is 24.2. The zero-order valence-electron chi connectivity index (χ0n) is 70.6. The third-order valence-electron chi connectivity index (χ3n) is 30.7. The molecule has 7 aliphatic rings. The molecule has 0 amide bonds. The van der Waals surface area contributed by atoms with Crippen molar-refractivity contribution < 1.29 is 8.83 Å². The normalized spacial score (nSPS) is 16.6. The summed E-state index contributed by atoms with van der Waals surface area (Å²) >= 11 is 0. The minimum absolute atomic E-state index is 0.0790. The van der Waals surface area contributed by atoms with E-state index in [1.807, 2.05) is 0 Å². The first-order chi connectivity index (χ1) is 57.8. The molecule has 7 aliphatic carbocycles. The fraction of sp³-hybridized carbons (Fsp3) is 0.179. The lowest BCUT2D eigenvalue weighted by Crippen LogP contribution is -2.19. The van der Waals surface area contributed by atoms with Crippen LogP contribution in [0.15, 0.2) is 306 Å². The Morgan fingerprint density at radius 2 is 0.467 bits per heavy atom. The fourth-order valence-electron chi connectivity index (χ4n) is 24.2. The maximum Gasteiger partial charge on any atom is 0.143 e. The monoisotopic (exact) mass is 1540 g/mol. The van der Waals surface area contributed by atoms with E-state index in [0.29, 0.717) is 0 Å². The molecule has 0 saturated heterocycles. The van der Waals surface area contributed by atoms with E-state index in [0.717, 1.165) is 72.4 Å². The minimum atomic E-state index is -0.436. The maximum absolute atomic E-state index is 7.28. The van der Waals surface area contributed by atoms with Gasteiger partial charge < -0.3 is 13.7 Å². The topological polar surface area (TPSA) is 29.5 Å². The van der Waals surface area contributed by atoms with Crippen molar-refractivity contribution in [2.75, 3.05) is 4.90 Å². The lowest BCUT2D eigenvalue weighted by molar-refractivity contribution is 0.656. The number of anilines is 3. The Hall–Kier alpha value is -13.1. The summed E-state index contributed by atoms with van der Waals surface area (Å²) in [7, 11) is 0. The molecule has 16 aromatic carbocycles. The van der Waals surface area contributed by atoms with Crippen LogP contribution >= 0.6 is 0 Å². The van der Waals surface area contributed by atoms with Gasteiger partial charge in [0.05, 0.1) is 5.69 Å². The highest BCUT2D eigenvalue weighted by molar-refractivity contribution is 6.21. The van der Waals surface area contributed by atoms with Crippen LogP contribution in [0.2, 0.25) is 0 Å². The van der Waals surface area contributed by atoms with Crippen molar-refractivity contribution in [3.05, 3.63) is 375 Å². The summed E-state index contributed by atoms with van der Waals surface area (Å²) in [6, 6.07) is 115. The summed E-state index contributed by atoms with van der Waals surface area (Å²) in [5.41, 5.74) is 51.9. The molecule has 0 radical (unpaired) electrons. The highest BCUT2D eigenvalue weighted by Crippen LogP contribution is 2.64. The molecule has 0 atom stereocenters. The predicted molar refractivity (Wildman–Crippen MR) is 500 cm³/mol. The lowest BCUT2D eigenvalue weighted by atomic mass is 9.79. The van der Waals surface area contributed by atoms with Crippen molar-refractivity contribution in [2.24, 2.45) is 0 Å². The Kier molecular flexibility index (Phi) is 13.6. The van der Waals surface area contributed by atoms with E-state index in [1.165, 1.54) is 189 Å². The van der Waals surface area contributed by atoms with Crippen LogP contribution in [0.25, 0.3) is 166 Å². The summed E-state index contributed by atoms with van der Waals surface area (Å²) < 4.78 is 14.6. The number of hydrogen-bond donors (Lipinski definition) is 0. The molecule has 25 rings (SSSR count). The molecule has 3 nitrogen and oxygen atoms in total. The molecule has 0 saturated carbocycles. The molecule has 576 valence electrons. The zero-order valence-corrected chi connectivity index (χ0v) is 70.6. The van der Waals surface area contributed by atoms with Crippen LogP contribution in [0.3, 0.4) is 0 Å². The third-order valence-corrected chi connectivity index (χ3v) is 30.7. The van der Waals surface area contributed by atoms with Crippen LogP contribution in [0, 0.1) is 0 Å². The Morgan fingerprint density at radius 1 is 0.192 bits per heavy atom. The predicted octanol–water partition coefficient (Wildman–Crippen LogP) is 31.8. The zero-order chi connectivity index (χ0) is 81.3. The SMILES string of the molecule is CC1(C)c2ccccc2-c2ccc(-c3ccc4c(c3)C(C)(C)c3cc(-c5cc6c(c7c5oc5ccccc57)-c5ccc(N(c7ccc8c(c7)C(C)(C)c7cc(-c9ccc%10c(c9)C(C)(C)c9cc(-c%11ccc%12c(c%11)C(C)(C)c%11ccccc%11-%12)ccc9-%10)c9oc%10ccccc%10c9c7-8)c7cccc8c7-c7ccccc7C8(C)C)cc5C6(C)C)ccc3-4)cc21. The van der Waals surface area contributed by atoms with Gasteiger partial charge in [-0.05, 0) is 275 Å². The van der Waals surface area contributed by atoms with E-state index < -0.39 is 10.8 Å². The number of furan rings is 2. The van der Waals surface area contributed by atoms with Gasteiger partial charge in [-0.2, -0.15) is 0 Å². The average Bonchev–Trinajstić information content (AvgIpc) is 1.53. The Labute approximate surface area is 702 Å². The first-order valence-electron chi connectivity index (χ1n) is 43.2. The van der Waals surface area contributed by atoms with E-state index in [1.54, 1.807) is 0 Å². The number of fused-ring (bicyclic) bond motifs is 29. The van der Waals surface area contributed by atoms with E-state index in [9.17, 15) is 0 Å². The molecular weight excluding hydrogens is 1450 g/mol. The summed E-state index contributed by atoms with van der Waals surface area (Å²) in [5, 5.41) is 4.62. The largest absolute Gasteiger partial charge is 0.455 e. The van der Waals surface area contributed by atoms with Crippen LogP contribution in [-0.4, -0.2) is 0 Å². The van der Waals surface area contributed by atoms with Gasteiger partial charge in [-0.1, -0.05) is 303 Å². The molecule has 120 heavy (non-hydrogen) atoms. The lowest BCUT2D eigenvalue weighted by Gasteiger charge is -2.31. The van der Waals surface area contributed by atoms with Gasteiger partial charge in [0.15, 0.2) is 0 Å². The molecule has 0 unspecified atom stereocenters. The number of nitrogens with zero attached hydrogens (tertiary/aromatic N) is 1. The standard InChI is InChI=1S/C117H91NO2/c1-111(2)89-33-22-17-28-80(89)104-90(111)34-25-35-101(104)118(70-44-52-81-97(60-70)116(11,12)99-62-85(109-107(105(81)99)83-29-18-23-36-102(83)119-109)68-42-50-78-76-48-40-66(56-93(76)114(7,8)95(78)58-68)64-38-46-74-72-26-15-20-31-87(72)112(3,4)91(74)54-64)71-45-53-82-98(61-71)117(13,14)100-63-86(110-108(106(82)100)84-30-19-24-37-103(84)120-110)69-43-51-79-77-49-41-67(57-94(77)115(9,10)96(79)59-69)65-39-47-75-73-27-16-21-32-88(73)113(5,6)92(75)55-65/h15-63H,1-14H3. The third kappa shape index (κ3) is 8.94. The van der Waals surface area contributed by atoms with E-state index >= 15 is 0 Å². The number of para-hydroxylation sites is 2. The van der Waals surface area contributed by atoms with Gasteiger partial charge in [-0.25, -0.2) is 0 Å². The van der Waals surface area contributed by atoms with Gasteiger partial charge in [0, 0.05) is 87.5 Å². The van der Waals surface area contributed by atoms with E-state index in [4.69, 9.17) is 8.83 Å². The van der Waals surface area contributed by atoms with Gasteiger partial charge in [0.1, 0.15) is 22.3 Å². The average molecular weight is 1540 g/mol. The summed E-state index contributed by atoms with van der Waals surface area (Å²) in [6.07, 6.45) is 0. The second kappa shape index (κ2) is 23.3. The molecule has 2 heterocycles. The number of rotatable bonds is 7. The quantitative estimate of drug-likeness (QED) is 0.159. The first kappa shape index (κ1) is 70.0. The van der Waals surface area contributed by atoms with Crippen LogP contribution < -0.4 is 4.90 Å². The summed E-state index contributed by atoms with van der Waals surface area (Å²) in [6.45, 7) is 33.9. The summed E-state index contributed by atoms with van der Waals surface area (Å²) in [4.78, 5) is 2.61.